The van der Waals surface area contributed by atoms with Crippen LogP contribution in [0.2, 0.25) is 0 Å². The standard InChI is InChI=1S/C34H53N5O15S.C20H39N5O9S/c1-18-13-23(38-55(7,47)48)27(53-30-25(41)28(35-6)34(5,44)17-50-30)24(40)26(18)52-29-22(37-32(43)54-33(2,3)4)12-11-21(51-29)15-36-31(42)49-16-19-9-8-10-20(14-19)39(45)46;1-20(28)8-31-19(14(27)17(20)24-2)34-16-12(25-35(3,29)30)6-11(23)15(13(16)26)33-18-10(22)5-4-9(7-21)32-18/h8-11,14,18,22-30,35,38,40-41,44H,12-13,15-17H2,1-7H3,(H,36,42)(H,37,43);4,10-19,24-28H,5-8,21-23H2,1-3H3/t18-,22+,23+,24-,25+,26+,27-,28+,29+,30+,34-;10-,11+,12-,13+,14-,15-,16+,17-,18-,19-,20+/m01/s1. The number of nitro benzene ring substituents is 1. The minimum Gasteiger partial charge on any atom is -0.467 e. The summed E-state index contributed by atoms with van der Waals surface area (Å²) in [5.41, 5.74) is 14.6. The van der Waals surface area contributed by atoms with E-state index in [0.29, 0.717) is 17.7 Å². The van der Waals surface area contributed by atoms with Gasteiger partial charge in [-0.05, 0) is 98.0 Å². The highest BCUT2D eigenvalue weighted by Crippen LogP contribution is 2.37. The molecule has 514 valence electrons. The monoisotopic (exact) mass is 1330 g/mol. The van der Waals surface area contributed by atoms with Crippen molar-refractivity contribution in [1.82, 2.24) is 30.7 Å². The number of nitrogens with zero attached hydrogens (tertiary/aromatic N) is 1. The second-order valence-electron chi connectivity index (χ2n) is 24.8. The van der Waals surface area contributed by atoms with Crippen molar-refractivity contribution in [1.29, 1.82) is 0 Å². The van der Waals surface area contributed by atoms with Crippen LogP contribution in [0.15, 0.2) is 47.9 Å². The van der Waals surface area contributed by atoms with Gasteiger partial charge in [0, 0.05) is 18.2 Å². The number of ether oxygens (including phenoxy) is 10. The molecule has 2 saturated heterocycles. The van der Waals surface area contributed by atoms with E-state index < -0.39 is 176 Å². The largest absolute Gasteiger partial charge is 0.467 e. The second-order valence-corrected chi connectivity index (χ2v) is 28.4. The molecule has 4 fully saturated rings. The molecule has 0 spiro atoms. The number of carbonyl (C=O) groups excluding carboxylic acids is 2. The third kappa shape index (κ3) is 20.4. The lowest BCUT2D eigenvalue weighted by Gasteiger charge is -2.49. The summed E-state index contributed by atoms with van der Waals surface area (Å²) in [5.74, 6) is 0.161. The molecule has 22 atom stereocenters. The first-order valence-corrected chi connectivity index (χ1v) is 33.0. The number of hydrogen-bond acceptors (Lipinski definition) is 29. The normalized spacial score (nSPS) is 37.5. The fourth-order valence-electron chi connectivity index (χ4n) is 11.5. The Bertz CT molecular complexity index is 2870. The second kappa shape index (κ2) is 31.1. The van der Waals surface area contributed by atoms with E-state index in [9.17, 15) is 67.2 Å². The van der Waals surface area contributed by atoms with Gasteiger partial charge in [0.2, 0.25) is 32.6 Å². The molecule has 36 heteroatoms. The molecule has 1 aromatic rings. The number of amides is 2. The van der Waals surface area contributed by atoms with Gasteiger partial charge in [0.05, 0.1) is 86.1 Å². The predicted molar refractivity (Wildman–Crippen MR) is 316 cm³/mol. The highest BCUT2D eigenvalue weighted by Gasteiger charge is 2.54. The lowest BCUT2D eigenvalue weighted by atomic mass is 9.80. The summed E-state index contributed by atoms with van der Waals surface area (Å²) in [4.78, 5) is 35.9. The lowest BCUT2D eigenvalue weighted by Crippen LogP contribution is -2.69. The molecular weight excluding hydrogens is 1240 g/mol. The Morgan fingerprint density at radius 3 is 1.76 bits per heavy atom. The molecule has 18 N–H and O–H groups in total. The summed E-state index contributed by atoms with van der Waals surface area (Å²) in [6.07, 6.45) is -11.0. The quantitative estimate of drug-likeness (QED) is 0.0415. The number of nitro groups is 1. The van der Waals surface area contributed by atoms with Crippen LogP contribution in [0.1, 0.15) is 72.8 Å². The van der Waals surface area contributed by atoms with Crippen LogP contribution < -0.4 is 47.9 Å². The number of hydrogen-bond donors (Lipinski definition) is 15. The highest BCUT2D eigenvalue weighted by molar-refractivity contribution is 7.89. The Morgan fingerprint density at radius 2 is 1.23 bits per heavy atom. The third-order valence-electron chi connectivity index (χ3n) is 15.7. The fraction of sp³-hybridized carbons (Fsp3) is 0.778. The molecule has 34 nitrogen and oxygen atoms in total. The molecule has 4 heterocycles. The molecule has 2 saturated carbocycles. The molecule has 2 amide bonds. The molecule has 0 unspecified atom stereocenters. The number of rotatable bonds is 21. The number of aliphatic hydroxyl groups is 6. The summed E-state index contributed by atoms with van der Waals surface area (Å²) in [5, 5.41) is 88.1. The van der Waals surface area contributed by atoms with Gasteiger partial charge in [-0.15, -0.1) is 0 Å². The van der Waals surface area contributed by atoms with E-state index in [1.165, 1.54) is 39.1 Å². The van der Waals surface area contributed by atoms with Crippen LogP contribution >= 0.6 is 0 Å². The Balaban J connectivity index is 0.000000316. The van der Waals surface area contributed by atoms with Crippen LogP contribution in [0.3, 0.4) is 0 Å². The predicted octanol–water partition coefficient (Wildman–Crippen LogP) is -3.77. The number of alkyl carbamates (subject to hydrolysis) is 2. The minimum absolute atomic E-state index is 0.0387. The van der Waals surface area contributed by atoms with E-state index in [4.69, 9.17) is 64.6 Å². The van der Waals surface area contributed by atoms with Gasteiger partial charge in [0.1, 0.15) is 77.7 Å². The minimum atomic E-state index is -3.82. The van der Waals surface area contributed by atoms with Gasteiger partial charge in [-0.25, -0.2) is 35.9 Å². The summed E-state index contributed by atoms with van der Waals surface area (Å²) < 4.78 is 112. The van der Waals surface area contributed by atoms with Crippen LogP contribution in [0.4, 0.5) is 15.3 Å². The van der Waals surface area contributed by atoms with Crippen molar-refractivity contribution < 1.29 is 109 Å². The smallest absolute Gasteiger partial charge is 0.408 e. The molecule has 90 heavy (non-hydrogen) atoms. The summed E-state index contributed by atoms with van der Waals surface area (Å²) >= 11 is 0. The van der Waals surface area contributed by atoms with E-state index in [-0.39, 0.29) is 63.6 Å². The van der Waals surface area contributed by atoms with Crippen molar-refractivity contribution in [2.24, 2.45) is 23.1 Å². The average Bonchev–Trinajstić information content (AvgIpc) is 0.804. The Kier molecular flexibility index (Phi) is 25.7. The maximum atomic E-state index is 12.8. The molecule has 7 rings (SSSR count). The molecule has 2 aliphatic carbocycles. The van der Waals surface area contributed by atoms with Gasteiger partial charge < -0.3 is 116 Å². The molecule has 0 bridgehead atoms. The Hall–Kier alpha value is -4.62. The van der Waals surface area contributed by atoms with Crippen molar-refractivity contribution in [3.63, 3.8) is 0 Å². The van der Waals surface area contributed by atoms with Gasteiger partial charge in [0.15, 0.2) is 12.6 Å². The van der Waals surface area contributed by atoms with E-state index in [1.54, 1.807) is 53.0 Å². The van der Waals surface area contributed by atoms with Crippen LogP contribution in [0.5, 0.6) is 0 Å². The number of non-ortho nitro benzene ring substituents is 1. The van der Waals surface area contributed by atoms with Gasteiger partial charge in [0.25, 0.3) is 5.69 Å². The maximum absolute atomic E-state index is 12.8. The molecule has 4 aliphatic heterocycles. The van der Waals surface area contributed by atoms with Gasteiger partial charge >= 0.3 is 12.2 Å². The third-order valence-corrected chi connectivity index (χ3v) is 17.1. The van der Waals surface area contributed by atoms with Crippen LogP contribution in [-0.2, 0) is 74.0 Å². The number of likely N-dealkylation sites (N-methyl/N-ethyl adjacent to an activating group) is 2. The van der Waals surface area contributed by atoms with Gasteiger partial charge in [-0.1, -0.05) is 19.1 Å². The number of sulfonamides is 2. The molecule has 0 aromatic heterocycles. The maximum Gasteiger partial charge on any atom is 0.408 e. The van der Waals surface area contributed by atoms with Crippen molar-refractivity contribution in [3.8, 4) is 0 Å². The van der Waals surface area contributed by atoms with Crippen molar-refractivity contribution in [3.05, 3.63) is 63.6 Å². The summed E-state index contributed by atoms with van der Waals surface area (Å²) in [7, 11) is -4.44. The van der Waals surface area contributed by atoms with E-state index in [0.717, 1.165) is 12.5 Å². The zero-order chi connectivity index (χ0) is 67.0. The zero-order valence-electron chi connectivity index (χ0n) is 51.9. The van der Waals surface area contributed by atoms with Gasteiger partial charge in [-0.2, -0.15) is 0 Å². The first-order chi connectivity index (χ1) is 41.8. The highest BCUT2D eigenvalue weighted by atomic mass is 32.2. The number of benzene rings is 1. The molecular formula is C54H92N10O24S2. The summed E-state index contributed by atoms with van der Waals surface area (Å²) in [6.45, 7) is 9.04. The van der Waals surface area contributed by atoms with Gasteiger partial charge in [-0.3, -0.25) is 10.1 Å². The number of nitrogens with two attached hydrogens (primary N) is 3. The van der Waals surface area contributed by atoms with E-state index in [1.807, 2.05) is 0 Å². The molecule has 6 aliphatic rings. The van der Waals surface area contributed by atoms with Crippen molar-refractivity contribution in [2.45, 2.75) is 207 Å². The zero-order valence-corrected chi connectivity index (χ0v) is 53.5. The summed E-state index contributed by atoms with van der Waals surface area (Å²) in [6, 6.07) is -0.260. The van der Waals surface area contributed by atoms with E-state index >= 15 is 0 Å². The molecule has 0 radical (unpaired) electrons. The number of aliphatic hydroxyl groups excluding tert-OH is 4. The van der Waals surface area contributed by atoms with Crippen LogP contribution in [-0.4, -0.2) is 251 Å². The number of carbonyl (C=O) groups is 2. The first-order valence-electron chi connectivity index (χ1n) is 29.2. The molecule has 1 aromatic carbocycles. The lowest BCUT2D eigenvalue weighted by molar-refractivity contribution is -0.384. The Labute approximate surface area is 522 Å². The number of nitrogens with one attached hydrogen (secondary N) is 6. The Morgan fingerprint density at radius 1 is 0.722 bits per heavy atom. The first kappa shape index (κ1) is 74.4. The average molecular weight is 1330 g/mol. The van der Waals surface area contributed by atoms with Crippen LogP contribution in [0.25, 0.3) is 0 Å². The fourth-order valence-corrected chi connectivity index (χ4v) is 13.0. The van der Waals surface area contributed by atoms with Crippen molar-refractivity contribution >= 4 is 37.9 Å². The topological polar surface area (TPSA) is 509 Å². The van der Waals surface area contributed by atoms with E-state index in [2.05, 4.69) is 30.7 Å². The SMILES string of the molecule is CN[C@@H]1[C@@H](O)[C@@H](O[C@@H]2[C@@H](O)[C@H](O[C@H]3OC(CN)=CC[C@H]3N)[C@@H](N)C[C@H]2NS(C)(=O)=O)OC[C@]1(C)O.CN[C@@H]1[C@@H](O)[C@@H](O[C@@H]2[C@@H](O)[C@H](O[C@H]3OC(CNC(=O)OCc4cccc([N+](=O)[O-])c4)=CC[C@H]3NC(=O)OC(C)(C)C)[C@@H](C)C[C@H]2NS(C)(=O)=O)OC[C@]1(C)O. The van der Waals surface area contributed by atoms with Crippen LogP contribution in [0, 0.1) is 16.0 Å². The van der Waals surface area contributed by atoms with Crippen molar-refractivity contribution in [2.75, 3.05) is 52.9 Å².